The summed E-state index contributed by atoms with van der Waals surface area (Å²) in [5.74, 6) is -0.126. The summed E-state index contributed by atoms with van der Waals surface area (Å²) in [7, 11) is 0. The molecular formula is C18H26N2O3. The Hall–Kier alpha value is -2.04. The predicted molar refractivity (Wildman–Crippen MR) is 90.2 cm³/mol. The molecule has 126 valence electrons. The number of anilines is 1. The standard InChI is InChI=1S/C18H26N2O3/c1-4-23-18(22)15-8-10-20(11-9-15)17(21)14(3)19-16-7-5-6-13(2)12-16/h5-7,12,14-15,19H,4,8-11H2,1-3H3. The lowest BCUT2D eigenvalue weighted by molar-refractivity contribution is -0.151. The molecule has 5 nitrogen and oxygen atoms in total. The Balaban J connectivity index is 1.85. The Kier molecular flexibility index (Phi) is 6.02. The molecule has 5 heteroatoms. The van der Waals surface area contributed by atoms with Gasteiger partial charge >= 0.3 is 5.97 Å². The van der Waals surface area contributed by atoms with Crippen molar-refractivity contribution < 1.29 is 14.3 Å². The van der Waals surface area contributed by atoms with Crippen molar-refractivity contribution in [2.75, 3.05) is 25.0 Å². The summed E-state index contributed by atoms with van der Waals surface area (Å²) < 4.78 is 5.06. The van der Waals surface area contributed by atoms with E-state index in [1.165, 1.54) is 0 Å². The van der Waals surface area contributed by atoms with Gasteiger partial charge in [-0.2, -0.15) is 0 Å². The monoisotopic (exact) mass is 318 g/mol. The fourth-order valence-electron chi connectivity index (χ4n) is 2.92. The van der Waals surface area contributed by atoms with Crippen LogP contribution in [0.2, 0.25) is 0 Å². The highest BCUT2D eigenvalue weighted by Crippen LogP contribution is 2.20. The fourth-order valence-corrected chi connectivity index (χ4v) is 2.92. The Bertz CT molecular complexity index is 551. The van der Waals surface area contributed by atoms with Gasteiger partial charge < -0.3 is 15.0 Å². The highest BCUT2D eigenvalue weighted by atomic mass is 16.5. The van der Waals surface area contributed by atoms with E-state index >= 15 is 0 Å². The summed E-state index contributed by atoms with van der Waals surface area (Å²) >= 11 is 0. The Morgan fingerprint density at radius 1 is 1.35 bits per heavy atom. The molecule has 1 fully saturated rings. The number of amides is 1. The molecule has 1 aliphatic rings. The van der Waals surface area contributed by atoms with Gasteiger partial charge in [0.1, 0.15) is 6.04 Å². The van der Waals surface area contributed by atoms with E-state index < -0.39 is 0 Å². The van der Waals surface area contributed by atoms with Gasteiger partial charge in [0, 0.05) is 18.8 Å². The Morgan fingerprint density at radius 3 is 2.65 bits per heavy atom. The van der Waals surface area contributed by atoms with Crippen LogP contribution < -0.4 is 5.32 Å². The van der Waals surface area contributed by atoms with Crippen molar-refractivity contribution in [2.45, 2.75) is 39.7 Å². The molecule has 1 atom stereocenters. The van der Waals surface area contributed by atoms with E-state index in [1.807, 2.05) is 49.9 Å². The highest BCUT2D eigenvalue weighted by molar-refractivity contribution is 5.84. The van der Waals surface area contributed by atoms with Crippen molar-refractivity contribution in [1.82, 2.24) is 4.90 Å². The van der Waals surface area contributed by atoms with Gasteiger partial charge in [0.2, 0.25) is 5.91 Å². The second kappa shape index (κ2) is 7.99. The second-order valence-corrected chi connectivity index (χ2v) is 6.09. The first-order valence-electron chi connectivity index (χ1n) is 8.30. The van der Waals surface area contributed by atoms with Crippen molar-refractivity contribution in [3.8, 4) is 0 Å². The van der Waals surface area contributed by atoms with Crippen LogP contribution >= 0.6 is 0 Å². The molecule has 1 amide bonds. The number of hydrogen-bond acceptors (Lipinski definition) is 4. The average molecular weight is 318 g/mol. The molecule has 0 saturated carbocycles. The van der Waals surface area contributed by atoms with Crippen LogP contribution in [-0.2, 0) is 14.3 Å². The molecule has 1 aromatic carbocycles. The number of rotatable bonds is 5. The molecule has 0 aliphatic carbocycles. The zero-order valence-corrected chi connectivity index (χ0v) is 14.2. The SMILES string of the molecule is CCOC(=O)C1CCN(C(=O)C(C)Nc2cccc(C)c2)CC1. The lowest BCUT2D eigenvalue weighted by Gasteiger charge is -2.33. The van der Waals surface area contributed by atoms with Crippen LogP contribution in [-0.4, -0.2) is 42.5 Å². The summed E-state index contributed by atoms with van der Waals surface area (Å²) in [5, 5.41) is 3.25. The van der Waals surface area contributed by atoms with Gasteiger partial charge in [-0.05, 0) is 51.3 Å². The van der Waals surface area contributed by atoms with Gasteiger partial charge in [-0.25, -0.2) is 0 Å². The lowest BCUT2D eigenvalue weighted by Crippen LogP contribution is -2.46. The van der Waals surface area contributed by atoms with Gasteiger partial charge in [-0.15, -0.1) is 0 Å². The van der Waals surface area contributed by atoms with Crippen LogP contribution in [0.15, 0.2) is 24.3 Å². The Labute approximate surface area is 138 Å². The molecule has 1 N–H and O–H groups in total. The molecule has 1 aliphatic heterocycles. The first kappa shape index (κ1) is 17.3. The number of nitrogens with one attached hydrogen (secondary N) is 1. The zero-order chi connectivity index (χ0) is 16.8. The molecule has 2 rings (SSSR count). The molecule has 1 aromatic rings. The maximum Gasteiger partial charge on any atom is 0.309 e. The van der Waals surface area contributed by atoms with Crippen LogP contribution in [0, 0.1) is 12.8 Å². The number of piperidine rings is 1. The third kappa shape index (κ3) is 4.71. The molecular weight excluding hydrogens is 292 g/mol. The number of hydrogen-bond donors (Lipinski definition) is 1. The smallest absolute Gasteiger partial charge is 0.309 e. The van der Waals surface area contributed by atoms with E-state index in [4.69, 9.17) is 4.74 Å². The number of benzene rings is 1. The van der Waals surface area contributed by atoms with Crippen molar-refractivity contribution in [1.29, 1.82) is 0 Å². The van der Waals surface area contributed by atoms with Crippen LogP contribution in [0.5, 0.6) is 0 Å². The van der Waals surface area contributed by atoms with Crippen LogP contribution in [0.4, 0.5) is 5.69 Å². The zero-order valence-electron chi connectivity index (χ0n) is 14.2. The number of carbonyl (C=O) groups excluding carboxylic acids is 2. The van der Waals surface area contributed by atoms with E-state index in [9.17, 15) is 9.59 Å². The highest BCUT2D eigenvalue weighted by Gasteiger charge is 2.29. The molecule has 0 radical (unpaired) electrons. The summed E-state index contributed by atoms with van der Waals surface area (Å²) in [6.07, 6.45) is 1.36. The van der Waals surface area contributed by atoms with Crippen molar-refractivity contribution in [3.05, 3.63) is 29.8 Å². The predicted octanol–water partition coefficient (Wildman–Crippen LogP) is 2.60. The largest absolute Gasteiger partial charge is 0.466 e. The van der Waals surface area contributed by atoms with E-state index in [-0.39, 0.29) is 23.8 Å². The minimum absolute atomic E-state index is 0.0703. The minimum Gasteiger partial charge on any atom is -0.466 e. The number of likely N-dealkylation sites (tertiary alicyclic amines) is 1. The number of ether oxygens (including phenoxy) is 1. The third-order valence-electron chi connectivity index (χ3n) is 4.20. The van der Waals surface area contributed by atoms with E-state index in [0.717, 1.165) is 11.3 Å². The quantitative estimate of drug-likeness (QED) is 0.848. The van der Waals surface area contributed by atoms with Crippen molar-refractivity contribution in [2.24, 2.45) is 5.92 Å². The van der Waals surface area contributed by atoms with Crippen LogP contribution in [0.25, 0.3) is 0 Å². The fraction of sp³-hybridized carbons (Fsp3) is 0.556. The van der Waals surface area contributed by atoms with Crippen molar-refractivity contribution in [3.63, 3.8) is 0 Å². The lowest BCUT2D eigenvalue weighted by atomic mass is 9.96. The van der Waals surface area contributed by atoms with E-state index in [0.29, 0.717) is 32.5 Å². The average Bonchev–Trinajstić information content (AvgIpc) is 2.54. The van der Waals surface area contributed by atoms with Gasteiger partial charge in [0.05, 0.1) is 12.5 Å². The summed E-state index contributed by atoms with van der Waals surface area (Å²) in [4.78, 5) is 26.1. The van der Waals surface area contributed by atoms with E-state index in [2.05, 4.69) is 5.32 Å². The molecule has 1 heterocycles. The topological polar surface area (TPSA) is 58.6 Å². The van der Waals surface area contributed by atoms with Crippen molar-refractivity contribution >= 4 is 17.6 Å². The molecule has 0 aromatic heterocycles. The minimum atomic E-state index is -0.282. The summed E-state index contributed by atoms with van der Waals surface area (Å²) in [6.45, 7) is 7.36. The van der Waals surface area contributed by atoms with Crippen LogP contribution in [0.3, 0.4) is 0 Å². The van der Waals surface area contributed by atoms with Gasteiger partial charge in [-0.1, -0.05) is 12.1 Å². The second-order valence-electron chi connectivity index (χ2n) is 6.09. The van der Waals surface area contributed by atoms with E-state index in [1.54, 1.807) is 0 Å². The molecule has 0 spiro atoms. The summed E-state index contributed by atoms with van der Waals surface area (Å²) in [5.41, 5.74) is 2.11. The normalized spacial score (nSPS) is 16.7. The first-order valence-corrected chi connectivity index (χ1v) is 8.30. The maximum atomic E-state index is 12.5. The summed E-state index contributed by atoms with van der Waals surface area (Å²) in [6, 6.07) is 7.70. The molecule has 23 heavy (non-hydrogen) atoms. The van der Waals surface area contributed by atoms with Gasteiger partial charge in [0.15, 0.2) is 0 Å². The number of nitrogens with zero attached hydrogens (tertiary/aromatic N) is 1. The van der Waals surface area contributed by atoms with Gasteiger partial charge in [-0.3, -0.25) is 9.59 Å². The molecule has 0 bridgehead atoms. The Morgan fingerprint density at radius 2 is 2.04 bits per heavy atom. The molecule has 1 unspecified atom stereocenters. The van der Waals surface area contributed by atoms with Crippen LogP contribution in [0.1, 0.15) is 32.3 Å². The first-order chi connectivity index (χ1) is 11.0. The maximum absolute atomic E-state index is 12.5. The third-order valence-corrected chi connectivity index (χ3v) is 4.20. The molecule has 1 saturated heterocycles. The number of aryl methyl sites for hydroxylation is 1. The van der Waals surface area contributed by atoms with Gasteiger partial charge in [0.25, 0.3) is 0 Å². The number of carbonyl (C=O) groups is 2. The number of esters is 1.